The fourth-order valence-corrected chi connectivity index (χ4v) is 1.90. The SMILES string of the molecule is COCCc1ccc(Oc2ccc(CN)c(C)n2)cc1. The number of nitrogens with two attached hydrogens (primary N) is 1. The van der Waals surface area contributed by atoms with Gasteiger partial charge >= 0.3 is 0 Å². The lowest BCUT2D eigenvalue weighted by Crippen LogP contribution is -2.01. The van der Waals surface area contributed by atoms with Crippen LogP contribution in [0.5, 0.6) is 11.6 Å². The molecule has 0 fully saturated rings. The topological polar surface area (TPSA) is 57.4 Å². The molecular formula is C16H20N2O2. The monoisotopic (exact) mass is 272 g/mol. The number of methoxy groups -OCH3 is 1. The first-order valence-corrected chi connectivity index (χ1v) is 6.65. The first-order valence-electron chi connectivity index (χ1n) is 6.65. The van der Waals surface area contributed by atoms with Gasteiger partial charge < -0.3 is 15.2 Å². The molecule has 0 aliphatic rings. The summed E-state index contributed by atoms with van der Waals surface area (Å²) in [7, 11) is 1.70. The average molecular weight is 272 g/mol. The van der Waals surface area contributed by atoms with Crippen molar-refractivity contribution in [3.8, 4) is 11.6 Å². The second-order valence-electron chi connectivity index (χ2n) is 4.59. The van der Waals surface area contributed by atoms with Gasteiger partial charge in [-0.3, -0.25) is 0 Å². The Balaban J connectivity index is 2.04. The van der Waals surface area contributed by atoms with Gasteiger partial charge in [-0.05, 0) is 36.6 Å². The Morgan fingerprint density at radius 2 is 1.85 bits per heavy atom. The van der Waals surface area contributed by atoms with Crippen molar-refractivity contribution in [2.75, 3.05) is 13.7 Å². The molecular weight excluding hydrogens is 252 g/mol. The molecule has 0 saturated heterocycles. The Hall–Kier alpha value is -1.91. The van der Waals surface area contributed by atoms with E-state index in [4.69, 9.17) is 15.2 Å². The molecule has 4 nitrogen and oxygen atoms in total. The molecule has 2 N–H and O–H groups in total. The summed E-state index contributed by atoms with van der Waals surface area (Å²) in [6.45, 7) is 3.15. The number of ether oxygens (including phenoxy) is 2. The molecule has 2 rings (SSSR count). The number of nitrogens with zero attached hydrogens (tertiary/aromatic N) is 1. The van der Waals surface area contributed by atoms with Crippen LogP contribution in [0.1, 0.15) is 16.8 Å². The minimum absolute atomic E-state index is 0.493. The van der Waals surface area contributed by atoms with Crippen molar-refractivity contribution < 1.29 is 9.47 Å². The molecule has 0 unspecified atom stereocenters. The van der Waals surface area contributed by atoms with E-state index in [2.05, 4.69) is 4.98 Å². The molecule has 2 aromatic rings. The molecule has 20 heavy (non-hydrogen) atoms. The lowest BCUT2D eigenvalue weighted by Gasteiger charge is -2.08. The smallest absolute Gasteiger partial charge is 0.219 e. The van der Waals surface area contributed by atoms with Gasteiger partial charge in [-0.15, -0.1) is 0 Å². The van der Waals surface area contributed by atoms with E-state index in [0.29, 0.717) is 12.4 Å². The maximum Gasteiger partial charge on any atom is 0.219 e. The molecule has 0 aliphatic heterocycles. The van der Waals surface area contributed by atoms with Gasteiger partial charge in [0.15, 0.2) is 0 Å². The fourth-order valence-electron chi connectivity index (χ4n) is 1.90. The first kappa shape index (κ1) is 14.5. The Morgan fingerprint density at radius 1 is 1.10 bits per heavy atom. The van der Waals surface area contributed by atoms with Crippen LogP contribution in [0, 0.1) is 6.92 Å². The number of aromatic nitrogens is 1. The van der Waals surface area contributed by atoms with Crippen molar-refractivity contribution in [2.24, 2.45) is 5.73 Å². The average Bonchev–Trinajstić information content (AvgIpc) is 2.47. The van der Waals surface area contributed by atoms with Gasteiger partial charge in [0.25, 0.3) is 0 Å². The van der Waals surface area contributed by atoms with Gasteiger partial charge in [-0.2, -0.15) is 0 Å². The lowest BCUT2D eigenvalue weighted by atomic mass is 10.1. The summed E-state index contributed by atoms with van der Waals surface area (Å²) < 4.78 is 10.8. The zero-order valence-corrected chi connectivity index (χ0v) is 11.9. The number of hydrogen-bond acceptors (Lipinski definition) is 4. The number of benzene rings is 1. The van der Waals surface area contributed by atoms with Crippen LogP contribution in [0.4, 0.5) is 0 Å². The van der Waals surface area contributed by atoms with E-state index in [1.54, 1.807) is 7.11 Å². The second kappa shape index (κ2) is 7.03. The predicted octanol–water partition coefficient (Wildman–Crippen LogP) is 2.83. The van der Waals surface area contributed by atoms with Crippen LogP contribution < -0.4 is 10.5 Å². The van der Waals surface area contributed by atoms with Crippen LogP contribution in [0.2, 0.25) is 0 Å². The van der Waals surface area contributed by atoms with Crippen molar-refractivity contribution in [1.82, 2.24) is 4.98 Å². The van der Waals surface area contributed by atoms with Crippen LogP contribution in [-0.4, -0.2) is 18.7 Å². The van der Waals surface area contributed by atoms with E-state index in [9.17, 15) is 0 Å². The molecule has 4 heteroatoms. The van der Waals surface area contributed by atoms with Crippen LogP contribution >= 0.6 is 0 Å². The Morgan fingerprint density at radius 3 is 2.45 bits per heavy atom. The predicted molar refractivity (Wildman–Crippen MR) is 79.0 cm³/mol. The molecule has 0 saturated carbocycles. The minimum atomic E-state index is 0.493. The van der Waals surface area contributed by atoms with Gasteiger partial charge in [0.05, 0.1) is 6.61 Å². The van der Waals surface area contributed by atoms with E-state index >= 15 is 0 Å². The van der Waals surface area contributed by atoms with Crippen molar-refractivity contribution in [1.29, 1.82) is 0 Å². The number of rotatable bonds is 6. The normalized spacial score (nSPS) is 10.6. The summed E-state index contributed by atoms with van der Waals surface area (Å²) in [5, 5.41) is 0. The van der Waals surface area contributed by atoms with Crippen molar-refractivity contribution in [3.63, 3.8) is 0 Å². The quantitative estimate of drug-likeness (QED) is 0.878. The molecule has 0 spiro atoms. The van der Waals surface area contributed by atoms with Crippen molar-refractivity contribution in [2.45, 2.75) is 19.9 Å². The summed E-state index contributed by atoms with van der Waals surface area (Å²) in [6, 6.07) is 11.8. The van der Waals surface area contributed by atoms with E-state index in [1.165, 1.54) is 5.56 Å². The maximum absolute atomic E-state index is 5.73. The molecule has 0 radical (unpaired) electrons. The lowest BCUT2D eigenvalue weighted by molar-refractivity contribution is 0.202. The second-order valence-corrected chi connectivity index (χ2v) is 4.59. The molecule has 0 atom stereocenters. The van der Waals surface area contributed by atoms with Crippen LogP contribution in [0.3, 0.4) is 0 Å². The van der Waals surface area contributed by atoms with Crippen LogP contribution in [0.25, 0.3) is 0 Å². The molecule has 1 heterocycles. The molecule has 1 aromatic carbocycles. The number of aryl methyl sites for hydroxylation is 1. The largest absolute Gasteiger partial charge is 0.439 e. The molecule has 0 bridgehead atoms. The van der Waals surface area contributed by atoms with E-state index in [-0.39, 0.29) is 0 Å². The highest BCUT2D eigenvalue weighted by Gasteiger charge is 2.03. The summed E-state index contributed by atoms with van der Waals surface area (Å²) >= 11 is 0. The van der Waals surface area contributed by atoms with Gasteiger partial charge in [0.2, 0.25) is 5.88 Å². The van der Waals surface area contributed by atoms with Crippen molar-refractivity contribution in [3.05, 3.63) is 53.2 Å². The highest BCUT2D eigenvalue weighted by molar-refractivity contribution is 5.32. The minimum Gasteiger partial charge on any atom is -0.439 e. The van der Waals surface area contributed by atoms with E-state index in [1.807, 2.05) is 43.3 Å². The van der Waals surface area contributed by atoms with Crippen LogP contribution in [-0.2, 0) is 17.7 Å². The first-order chi connectivity index (χ1) is 9.72. The number of hydrogen-bond donors (Lipinski definition) is 1. The zero-order chi connectivity index (χ0) is 14.4. The fraction of sp³-hybridized carbons (Fsp3) is 0.312. The van der Waals surface area contributed by atoms with Gasteiger partial charge in [-0.1, -0.05) is 18.2 Å². The Bertz CT molecular complexity index is 553. The van der Waals surface area contributed by atoms with E-state index < -0.39 is 0 Å². The van der Waals surface area contributed by atoms with Crippen LogP contribution in [0.15, 0.2) is 36.4 Å². The molecule has 0 amide bonds. The summed E-state index contributed by atoms with van der Waals surface area (Å²) in [4.78, 5) is 4.39. The van der Waals surface area contributed by atoms with Gasteiger partial charge in [0.1, 0.15) is 5.75 Å². The highest BCUT2D eigenvalue weighted by Crippen LogP contribution is 2.21. The maximum atomic E-state index is 5.73. The third-order valence-electron chi connectivity index (χ3n) is 3.13. The molecule has 1 aromatic heterocycles. The Kier molecular flexibility index (Phi) is 5.09. The zero-order valence-electron chi connectivity index (χ0n) is 11.9. The van der Waals surface area contributed by atoms with Gasteiger partial charge in [-0.25, -0.2) is 4.98 Å². The highest BCUT2D eigenvalue weighted by atomic mass is 16.5. The standard InChI is InChI=1S/C16H20N2O2/c1-12-14(11-17)5-8-16(18-12)20-15-6-3-13(4-7-15)9-10-19-2/h3-8H,9-11,17H2,1-2H3. The third kappa shape index (κ3) is 3.79. The summed E-state index contributed by atoms with van der Waals surface area (Å²) in [5.74, 6) is 1.36. The van der Waals surface area contributed by atoms with Crippen molar-refractivity contribution >= 4 is 0 Å². The number of pyridine rings is 1. The van der Waals surface area contributed by atoms with Gasteiger partial charge in [0, 0.05) is 25.4 Å². The Labute approximate surface area is 119 Å². The molecule has 106 valence electrons. The summed E-state index contributed by atoms with van der Waals surface area (Å²) in [6.07, 6.45) is 0.902. The summed E-state index contributed by atoms with van der Waals surface area (Å²) in [5.41, 5.74) is 8.78. The molecule has 0 aliphatic carbocycles. The third-order valence-corrected chi connectivity index (χ3v) is 3.13. The van der Waals surface area contributed by atoms with E-state index in [0.717, 1.165) is 30.0 Å².